The molecule has 0 aliphatic rings. The lowest BCUT2D eigenvalue weighted by molar-refractivity contribution is 0.0951. The molecule has 3 rings (SSSR count). The molecule has 23 heavy (non-hydrogen) atoms. The summed E-state index contributed by atoms with van der Waals surface area (Å²) in [7, 11) is 0. The van der Waals surface area contributed by atoms with Gasteiger partial charge in [-0.2, -0.15) is 0 Å². The number of aromatic nitrogens is 2. The van der Waals surface area contributed by atoms with E-state index < -0.39 is 0 Å². The Bertz CT molecular complexity index is 765. The van der Waals surface area contributed by atoms with Gasteiger partial charge in [0.15, 0.2) is 0 Å². The van der Waals surface area contributed by atoms with Gasteiger partial charge in [0.05, 0.1) is 6.33 Å². The van der Waals surface area contributed by atoms with Crippen LogP contribution in [0.4, 0.5) is 0 Å². The summed E-state index contributed by atoms with van der Waals surface area (Å²) in [6.45, 7) is 1.28. The van der Waals surface area contributed by atoms with Crippen LogP contribution in [0.2, 0.25) is 5.02 Å². The number of benzene rings is 2. The van der Waals surface area contributed by atoms with Crippen LogP contribution in [0.3, 0.4) is 0 Å². The van der Waals surface area contributed by atoms with Gasteiger partial charge in [-0.3, -0.25) is 4.79 Å². The van der Waals surface area contributed by atoms with Gasteiger partial charge in [-0.15, -0.1) is 0 Å². The number of carbonyl (C=O) groups excluding carboxylic acids is 1. The van der Waals surface area contributed by atoms with E-state index in [1.807, 2.05) is 22.9 Å². The molecule has 116 valence electrons. The van der Waals surface area contributed by atoms with Crippen molar-refractivity contribution < 1.29 is 4.79 Å². The van der Waals surface area contributed by atoms with E-state index in [0.717, 1.165) is 12.1 Å². The molecule has 0 fully saturated rings. The number of carbonyl (C=O) groups is 1. The zero-order valence-corrected chi connectivity index (χ0v) is 13.2. The summed E-state index contributed by atoms with van der Waals surface area (Å²) < 4.78 is 2.01. The summed E-state index contributed by atoms with van der Waals surface area (Å²) in [4.78, 5) is 16.1. The van der Waals surface area contributed by atoms with Crippen molar-refractivity contribution in [3.8, 4) is 0 Å². The predicted octanol–water partition coefficient (Wildman–Crippen LogP) is 3.51. The standard InChI is InChI=1S/C18H16ClN3O/c19-17-7-5-16(6-8-17)18(23)21-11-14-1-3-15(4-2-14)12-22-10-9-20-13-22/h1-10,13H,11-12H2,(H,21,23). The molecule has 0 aliphatic heterocycles. The largest absolute Gasteiger partial charge is 0.348 e. The molecular weight excluding hydrogens is 310 g/mol. The Morgan fingerprint density at radius 1 is 1.04 bits per heavy atom. The number of imidazole rings is 1. The highest BCUT2D eigenvalue weighted by atomic mass is 35.5. The fourth-order valence-corrected chi connectivity index (χ4v) is 2.37. The number of amides is 1. The van der Waals surface area contributed by atoms with Crippen LogP contribution in [0.25, 0.3) is 0 Å². The minimum absolute atomic E-state index is 0.107. The fourth-order valence-electron chi connectivity index (χ4n) is 2.24. The van der Waals surface area contributed by atoms with Crippen molar-refractivity contribution in [3.63, 3.8) is 0 Å². The van der Waals surface area contributed by atoms with Crippen LogP contribution in [-0.4, -0.2) is 15.5 Å². The maximum Gasteiger partial charge on any atom is 0.251 e. The van der Waals surface area contributed by atoms with Gasteiger partial charge in [0.2, 0.25) is 0 Å². The van der Waals surface area contributed by atoms with Crippen molar-refractivity contribution in [1.82, 2.24) is 14.9 Å². The molecule has 0 radical (unpaired) electrons. The van der Waals surface area contributed by atoms with Crippen LogP contribution >= 0.6 is 11.6 Å². The molecule has 1 amide bonds. The zero-order valence-electron chi connectivity index (χ0n) is 12.4. The summed E-state index contributed by atoms with van der Waals surface area (Å²) in [5, 5.41) is 3.52. The molecule has 1 aromatic heterocycles. The zero-order chi connectivity index (χ0) is 16.1. The third kappa shape index (κ3) is 4.20. The average molecular weight is 326 g/mol. The molecular formula is C18H16ClN3O. The lowest BCUT2D eigenvalue weighted by atomic mass is 10.1. The quantitative estimate of drug-likeness (QED) is 0.780. The summed E-state index contributed by atoms with van der Waals surface area (Å²) in [6, 6.07) is 15.0. The smallest absolute Gasteiger partial charge is 0.251 e. The molecule has 4 nitrogen and oxygen atoms in total. The number of hydrogen-bond acceptors (Lipinski definition) is 2. The van der Waals surface area contributed by atoms with Gasteiger partial charge in [0.1, 0.15) is 0 Å². The minimum Gasteiger partial charge on any atom is -0.348 e. The first-order valence-corrected chi connectivity index (χ1v) is 7.66. The molecule has 5 heteroatoms. The molecule has 1 heterocycles. The van der Waals surface area contributed by atoms with Crippen molar-refractivity contribution in [2.45, 2.75) is 13.1 Å². The molecule has 1 N–H and O–H groups in total. The highest BCUT2D eigenvalue weighted by Gasteiger charge is 2.05. The molecule has 3 aromatic rings. The van der Waals surface area contributed by atoms with Crippen LogP contribution in [0.15, 0.2) is 67.3 Å². The fraction of sp³-hybridized carbons (Fsp3) is 0.111. The highest BCUT2D eigenvalue weighted by Crippen LogP contribution is 2.10. The Balaban J connectivity index is 1.56. The SMILES string of the molecule is O=C(NCc1ccc(Cn2ccnc2)cc1)c1ccc(Cl)cc1. The molecule has 0 atom stereocenters. The molecule has 0 saturated heterocycles. The van der Waals surface area contributed by atoms with E-state index in [1.165, 1.54) is 5.56 Å². The normalized spacial score (nSPS) is 10.5. The van der Waals surface area contributed by atoms with Gasteiger partial charge in [-0.1, -0.05) is 35.9 Å². The first kappa shape index (κ1) is 15.3. The van der Waals surface area contributed by atoms with E-state index in [0.29, 0.717) is 17.1 Å². The minimum atomic E-state index is -0.107. The van der Waals surface area contributed by atoms with Gasteiger partial charge < -0.3 is 9.88 Å². The summed E-state index contributed by atoms with van der Waals surface area (Å²) in [5.41, 5.74) is 2.85. The second kappa shape index (κ2) is 7.11. The molecule has 0 saturated carbocycles. The predicted molar refractivity (Wildman–Crippen MR) is 90.4 cm³/mol. The first-order chi connectivity index (χ1) is 11.2. The van der Waals surface area contributed by atoms with Crippen molar-refractivity contribution in [1.29, 1.82) is 0 Å². The molecule has 0 spiro atoms. The van der Waals surface area contributed by atoms with Crippen molar-refractivity contribution in [2.24, 2.45) is 0 Å². The Morgan fingerprint density at radius 3 is 2.39 bits per heavy atom. The monoisotopic (exact) mass is 325 g/mol. The van der Waals surface area contributed by atoms with E-state index in [9.17, 15) is 4.79 Å². The van der Waals surface area contributed by atoms with E-state index in [1.54, 1.807) is 36.8 Å². The van der Waals surface area contributed by atoms with Gasteiger partial charge in [-0.05, 0) is 35.4 Å². The van der Waals surface area contributed by atoms with E-state index in [2.05, 4.69) is 22.4 Å². The van der Waals surface area contributed by atoms with Crippen LogP contribution in [0, 0.1) is 0 Å². The molecule has 2 aromatic carbocycles. The van der Waals surface area contributed by atoms with Crippen molar-refractivity contribution >= 4 is 17.5 Å². The van der Waals surface area contributed by atoms with E-state index in [-0.39, 0.29) is 5.91 Å². The number of rotatable bonds is 5. The molecule has 0 unspecified atom stereocenters. The number of nitrogens with one attached hydrogen (secondary N) is 1. The van der Waals surface area contributed by atoms with Crippen molar-refractivity contribution in [3.05, 3.63) is 89.0 Å². The van der Waals surface area contributed by atoms with Crippen LogP contribution in [-0.2, 0) is 13.1 Å². The maximum atomic E-state index is 12.0. The second-order valence-electron chi connectivity index (χ2n) is 5.24. The first-order valence-electron chi connectivity index (χ1n) is 7.28. The number of nitrogens with zero attached hydrogens (tertiary/aromatic N) is 2. The second-order valence-corrected chi connectivity index (χ2v) is 5.68. The van der Waals surface area contributed by atoms with Crippen LogP contribution in [0.1, 0.15) is 21.5 Å². The Hall–Kier alpha value is -2.59. The lowest BCUT2D eigenvalue weighted by Crippen LogP contribution is -2.22. The summed E-state index contributed by atoms with van der Waals surface area (Å²) >= 11 is 5.82. The lowest BCUT2D eigenvalue weighted by Gasteiger charge is -2.07. The third-order valence-corrected chi connectivity index (χ3v) is 3.76. The third-order valence-electron chi connectivity index (χ3n) is 3.51. The van der Waals surface area contributed by atoms with Crippen LogP contribution < -0.4 is 5.32 Å². The Labute approximate surface area is 139 Å². The number of hydrogen-bond donors (Lipinski definition) is 1. The Morgan fingerprint density at radius 2 is 1.74 bits per heavy atom. The van der Waals surface area contributed by atoms with Gasteiger partial charge in [0.25, 0.3) is 5.91 Å². The maximum absolute atomic E-state index is 12.0. The average Bonchev–Trinajstić information content (AvgIpc) is 3.07. The topological polar surface area (TPSA) is 46.9 Å². The highest BCUT2D eigenvalue weighted by molar-refractivity contribution is 6.30. The van der Waals surface area contributed by atoms with E-state index in [4.69, 9.17) is 11.6 Å². The van der Waals surface area contributed by atoms with Crippen LogP contribution in [0.5, 0.6) is 0 Å². The van der Waals surface area contributed by atoms with E-state index >= 15 is 0 Å². The van der Waals surface area contributed by atoms with Gasteiger partial charge in [0, 0.05) is 36.1 Å². The number of halogens is 1. The van der Waals surface area contributed by atoms with Gasteiger partial charge in [-0.25, -0.2) is 4.98 Å². The molecule has 0 bridgehead atoms. The Kier molecular flexibility index (Phi) is 4.74. The molecule has 0 aliphatic carbocycles. The van der Waals surface area contributed by atoms with Gasteiger partial charge >= 0.3 is 0 Å². The summed E-state index contributed by atoms with van der Waals surface area (Å²) in [6.07, 6.45) is 5.49. The van der Waals surface area contributed by atoms with Crippen molar-refractivity contribution in [2.75, 3.05) is 0 Å². The summed E-state index contributed by atoms with van der Waals surface area (Å²) in [5.74, 6) is -0.107.